The summed E-state index contributed by atoms with van der Waals surface area (Å²) in [6.45, 7) is 4.43. The van der Waals surface area contributed by atoms with Gasteiger partial charge in [-0.3, -0.25) is 0 Å². The zero-order valence-electron chi connectivity index (χ0n) is 31.0. The molecule has 2 atom stereocenters. The summed E-state index contributed by atoms with van der Waals surface area (Å²) in [5.41, 5.74) is 0.588. The first kappa shape index (κ1) is 41.5. The Morgan fingerprint density at radius 3 is 1.95 bits per heavy atom. The van der Waals surface area contributed by atoms with Crippen LogP contribution in [0.15, 0.2) is 42.5 Å². The highest BCUT2D eigenvalue weighted by Gasteiger charge is 2.38. The molecule has 0 fully saturated rings. The van der Waals surface area contributed by atoms with E-state index < -0.39 is 64.6 Å². The van der Waals surface area contributed by atoms with Crippen molar-refractivity contribution in [1.29, 1.82) is 0 Å². The van der Waals surface area contributed by atoms with Crippen molar-refractivity contribution < 1.29 is 84.0 Å². The maximum atomic E-state index is 12.7. The van der Waals surface area contributed by atoms with Gasteiger partial charge in [0.2, 0.25) is 0 Å². The molecule has 5 aromatic carbocycles. The molecule has 9 N–H and O–H groups in total. The van der Waals surface area contributed by atoms with E-state index in [0.29, 0.717) is 5.56 Å². The summed E-state index contributed by atoms with van der Waals surface area (Å²) in [6.07, 6.45) is -2.12. The van der Waals surface area contributed by atoms with Gasteiger partial charge in [0, 0.05) is 40.8 Å². The molecule has 19 heteroatoms. The van der Waals surface area contributed by atoms with Crippen LogP contribution in [-0.4, -0.2) is 77.1 Å². The molecule has 17 nitrogen and oxygen atoms in total. The van der Waals surface area contributed by atoms with Crippen LogP contribution >= 0.6 is 23.2 Å². The van der Waals surface area contributed by atoms with Crippen LogP contribution in [0.2, 0.25) is 10.0 Å². The van der Waals surface area contributed by atoms with Gasteiger partial charge < -0.3 is 69.6 Å². The summed E-state index contributed by atoms with van der Waals surface area (Å²) in [4.78, 5) is 37.5. The molecule has 0 saturated carbocycles. The third-order valence-corrected chi connectivity index (χ3v) is 10.3. The average Bonchev–Trinajstić information content (AvgIpc) is 3.35. The highest BCUT2D eigenvalue weighted by atomic mass is 35.5. The smallest absolute Gasteiger partial charge is 0.347 e. The summed E-state index contributed by atoms with van der Waals surface area (Å²) < 4.78 is 27.3. The Bertz CT molecular complexity index is 2580. The first-order valence-electron chi connectivity index (χ1n) is 17.0. The summed E-state index contributed by atoms with van der Waals surface area (Å²) in [5.74, 6) is -7.17. The number of benzene rings is 5. The van der Waals surface area contributed by atoms with Crippen molar-refractivity contribution in [3.05, 3.63) is 97.0 Å². The third kappa shape index (κ3) is 7.44. The van der Waals surface area contributed by atoms with Crippen LogP contribution in [-0.2, 0) is 15.9 Å². The largest absolute Gasteiger partial charge is 0.508 e. The molecule has 0 amide bonds. The molecule has 0 aliphatic carbocycles. The van der Waals surface area contributed by atoms with Crippen molar-refractivity contribution in [1.82, 2.24) is 0 Å². The quantitative estimate of drug-likeness (QED) is 0.0501. The predicted octanol–water partition coefficient (Wildman–Crippen LogP) is 6.97. The molecule has 0 aromatic heterocycles. The summed E-state index contributed by atoms with van der Waals surface area (Å²) >= 11 is 12.2. The number of methoxy groups -OCH3 is 1. The van der Waals surface area contributed by atoms with Gasteiger partial charge in [-0.15, -0.1) is 0 Å². The second-order valence-corrected chi connectivity index (χ2v) is 13.9. The molecule has 2 heterocycles. The van der Waals surface area contributed by atoms with Crippen molar-refractivity contribution in [2.45, 2.75) is 39.4 Å². The zero-order chi connectivity index (χ0) is 43.4. The lowest BCUT2D eigenvalue weighted by atomic mass is 9.93. The minimum Gasteiger partial charge on any atom is -0.508 e. The number of hydrogen-bond donors (Lipinski definition) is 9. The van der Waals surface area contributed by atoms with E-state index in [0.717, 1.165) is 18.2 Å². The lowest BCUT2D eigenvalue weighted by molar-refractivity contribution is -0.0189. The second-order valence-electron chi connectivity index (χ2n) is 13.2. The van der Waals surface area contributed by atoms with Crippen LogP contribution in [0.25, 0.3) is 0 Å². The summed E-state index contributed by atoms with van der Waals surface area (Å²) in [7, 11) is 1.17. The van der Waals surface area contributed by atoms with Gasteiger partial charge in [0.25, 0.3) is 0 Å². The van der Waals surface area contributed by atoms with Crippen LogP contribution in [0.3, 0.4) is 0 Å². The molecule has 2 aliphatic rings. The van der Waals surface area contributed by atoms with Gasteiger partial charge in [-0.2, -0.15) is 0 Å². The minimum absolute atomic E-state index is 0.0131. The van der Waals surface area contributed by atoms with E-state index in [1.165, 1.54) is 52.1 Å². The summed E-state index contributed by atoms with van der Waals surface area (Å²) in [5, 5.41) is 88.3. The Kier molecular flexibility index (Phi) is 11.0. The number of hydrogen-bond acceptors (Lipinski definition) is 17. The second kappa shape index (κ2) is 15.7. The lowest BCUT2D eigenvalue weighted by Crippen LogP contribution is -2.34. The van der Waals surface area contributed by atoms with Gasteiger partial charge in [-0.05, 0) is 50.6 Å². The van der Waals surface area contributed by atoms with Crippen molar-refractivity contribution in [3.8, 4) is 74.7 Å². The van der Waals surface area contributed by atoms with Gasteiger partial charge in [-0.25, -0.2) is 14.4 Å². The van der Waals surface area contributed by atoms with E-state index in [4.69, 9.17) is 46.9 Å². The number of phenols is 9. The van der Waals surface area contributed by atoms with Crippen molar-refractivity contribution >= 4 is 41.1 Å². The lowest BCUT2D eigenvalue weighted by Gasteiger charge is -2.34. The number of fused-ring (bicyclic) bond motifs is 3. The third-order valence-electron chi connectivity index (χ3n) is 9.45. The first-order chi connectivity index (χ1) is 27.7. The molecule has 0 saturated heterocycles. The maximum absolute atomic E-state index is 12.7. The van der Waals surface area contributed by atoms with Gasteiger partial charge in [0.05, 0.1) is 17.7 Å². The Morgan fingerprint density at radius 2 is 1.32 bits per heavy atom. The molecule has 308 valence electrons. The highest BCUT2D eigenvalue weighted by molar-refractivity contribution is 6.39. The van der Waals surface area contributed by atoms with Crippen molar-refractivity contribution in [2.24, 2.45) is 0 Å². The number of carbonyl (C=O) groups excluding carboxylic acids is 3. The molecule has 0 bridgehead atoms. The van der Waals surface area contributed by atoms with E-state index in [1.807, 2.05) is 0 Å². The molecule has 0 radical (unpaired) electrons. The van der Waals surface area contributed by atoms with Gasteiger partial charge >= 0.3 is 17.9 Å². The zero-order valence-corrected chi connectivity index (χ0v) is 32.5. The average molecular weight is 856 g/mol. The molecule has 7 rings (SSSR count). The standard InChI is InChI=1S/C22H18O10.C18H14Cl2O7/c23-11-6-14(25)12-8-19(32-22(30)10-4-16(27)20(29)17(28)5-10)21(31-18(12)7-11)9-1-2-13(24)15(26)3-9;1-5-9-16(11(20)13(22)10(5)19)26-14-6(2)8(17(23)25-4)12(21)7(3)15(14)27-18(9)24/h1-7,19,21,23-29H,8H2;21-22H,1-4H3. The van der Waals surface area contributed by atoms with Crippen LogP contribution in [0.1, 0.15) is 65.0 Å². The van der Waals surface area contributed by atoms with E-state index >= 15 is 0 Å². The Morgan fingerprint density at radius 1 is 0.678 bits per heavy atom. The van der Waals surface area contributed by atoms with E-state index in [1.54, 1.807) is 0 Å². The molecule has 5 aromatic rings. The number of halogens is 2. The Labute approximate surface area is 342 Å². The fraction of sp³-hybridized carbons (Fsp3) is 0.175. The van der Waals surface area contributed by atoms with Crippen LogP contribution < -0.4 is 14.2 Å². The maximum Gasteiger partial charge on any atom is 0.347 e. The van der Waals surface area contributed by atoms with Crippen LogP contribution in [0.4, 0.5) is 0 Å². The molecule has 0 spiro atoms. The Balaban J connectivity index is 0.000000201. The number of carbonyl (C=O) groups is 3. The van der Waals surface area contributed by atoms with Gasteiger partial charge in [0.1, 0.15) is 45.3 Å². The minimum atomic E-state index is -1.06. The van der Waals surface area contributed by atoms with Crippen molar-refractivity contribution in [3.63, 3.8) is 0 Å². The molecule has 59 heavy (non-hydrogen) atoms. The van der Waals surface area contributed by atoms with E-state index in [2.05, 4.69) is 0 Å². The number of rotatable bonds is 4. The fourth-order valence-corrected chi connectivity index (χ4v) is 6.83. The number of ether oxygens (including phenoxy) is 5. The van der Waals surface area contributed by atoms with Crippen LogP contribution in [0.5, 0.6) is 74.7 Å². The summed E-state index contributed by atoms with van der Waals surface area (Å²) in [6, 6.07) is 8.07. The first-order valence-corrected chi connectivity index (χ1v) is 17.7. The topological polar surface area (TPSA) is 279 Å². The van der Waals surface area contributed by atoms with E-state index in [9.17, 15) is 60.3 Å². The highest BCUT2D eigenvalue weighted by Crippen LogP contribution is 2.53. The number of aromatic hydroxyl groups is 9. The molecule has 2 unspecified atom stereocenters. The fourth-order valence-electron chi connectivity index (χ4n) is 6.36. The van der Waals surface area contributed by atoms with E-state index in [-0.39, 0.29) is 95.7 Å². The van der Waals surface area contributed by atoms with Crippen LogP contribution in [0, 0.1) is 20.8 Å². The number of esters is 3. The monoisotopic (exact) mass is 854 g/mol. The number of phenolic OH excluding ortho intramolecular Hbond substituents is 9. The van der Waals surface area contributed by atoms with Gasteiger partial charge in [0.15, 0.2) is 57.8 Å². The molecule has 2 aliphatic heterocycles. The Hall–Kier alpha value is -7.11. The van der Waals surface area contributed by atoms with Crippen molar-refractivity contribution in [2.75, 3.05) is 7.11 Å². The molecular formula is C40H32Cl2O17. The van der Waals surface area contributed by atoms with Gasteiger partial charge in [-0.1, -0.05) is 29.3 Å². The normalized spacial score (nSPS) is 15.1. The molecular weight excluding hydrogens is 823 g/mol. The predicted molar refractivity (Wildman–Crippen MR) is 204 cm³/mol. The SMILES string of the molecule is COC(=O)c1c(C)c2c(c(C)c1O)OC(=O)c1c(C)c(Cl)c(O)c(Cl)c1O2.O=C(OC1Cc2c(O)cc(O)cc2OC1c1ccc(O)c(O)c1)c1cc(O)c(O)c(O)c1.